The summed E-state index contributed by atoms with van der Waals surface area (Å²) < 4.78 is 5.28. The maximum absolute atomic E-state index is 13.9. The second-order valence-corrected chi connectivity index (χ2v) is 9.33. The number of primary amides is 2. The molecule has 0 heterocycles. The molecule has 0 fully saturated rings. The van der Waals surface area contributed by atoms with E-state index in [0.717, 1.165) is 16.9 Å². The van der Waals surface area contributed by atoms with E-state index < -0.39 is 29.9 Å². The van der Waals surface area contributed by atoms with E-state index in [-0.39, 0.29) is 23.2 Å². The van der Waals surface area contributed by atoms with Gasteiger partial charge in [-0.2, -0.15) is 0 Å². The number of nitrogens with zero attached hydrogens (tertiary/aromatic N) is 1. The van der Waals surface area contributed by atoms with Crippen molar-refractivity contribution in [2.45, 2.75) is 38.5 Å². The number of hydrogen-bond donors (Lipinski definition) is 4. The summed E-state index contributed by atoms with van der Waals surface area (Å²) in [4.78, 5) is 39.2. The van der Waals surface area contributed by atoms with E-state index >= 15 is 0 Å². The Morgan fingerprint density at radius 2 is 1.51 bits per heavy atom. The van der Waals surface area contributed by atoms with Crippen molar-refractivity contribution >= 4 is 17.7 Å². The first-order chi connectivity index (χ1) is 18.7. The number of nitrogens with two attached hydrogens (primary N) is 2. The second kappa shape index (κ2) is 14.1. The zero-order valence-corrected chi connectivity index (χ0v) is 22.3. The molecule has 3 aromatic rings. The van der Waals surface area contributed by atoms with Gasteiger partial charge in [-0.05, 0) is 54.3 Å². The fraction of sp³-hybridized carbons (Fsp3) is 0.300. The maximum atomic E-state index is 13.9. The van der Waals surface area contributed by atoms with Gasteiger partial charge in [-0.15, -0.1) is 0 Å². The van der Waals surface area contributed by atoms with Crippen LogP contribution in [0, 0.1) is 0 Å². The largest absolute Gasteiger partial charge is 0.497 e. The van der Waals surface area contributed by atoms with Crippen molar-refractivity contribution in [2.24, 2.45) is 11.5 Å². The Labute approximate surface area is 228 Å². The Bertz CT molecular complexity index is 1250. The smallest absolute Gasteiger partial charge is 0.254 e. The van der Waals surface area contributed by atoms with E-state index in [9.17, 15) is 19.5 Å². The molecule has 2 atom stereocenters. The van der Waals surface area contributed by atoms with Crippen LogP contribution in [-0.2, 0) is 13.0 Å². The maximum Gasteiger partial charge on any atom is 0.254 e. The number of carbonyl (C=O) groups is 3. The molecule has 6 N–H and O–H groups in total. The molecule has 0 aromatic heterocycles. The topological polar surface area (TPSA) is 148 Å². The van der Waals surface area contributed by atoms with Gasteiger partial charge in [0.25, 0.3) is 5.91 Å². The van der Waals surface area contributed by atoms with Crippen LogP contribution in [0.1, 0.15) is 55.5 Å². The Hall–Kier alpha value is -4.21. The summed E-state index contributed by atoms with van der Waals surface area (Å²) in [6, 6.07) is 20.6. The van der Waals surface area contributed by atoms with Crippen molar-refractivity contribution in [1.29, 1.82) is 0 Å². The SMILES string of the molecule is CCCN(C(=O)c1cc(C(N)=O)cc(C(N)=O)c1)[C@@H](Cc1ccccc1)[C@H](O)CNCc1cccc(OC)c1. The summed E-state index contributed by atoms with van der Waals surface area (Å²) in [7, 11) is 1.61. The summed E-state index contributed by atoms with van der Waals surface area (Å²) >= 11 is 0. The van der Waals surface area contributed by atoms with Crippen molar-refractivity contribution in [3.8, 4) is 5.75 Å². The molecule has 9 nitrogen and oxygen atoms in total. The second-order valence-electron chi connectivity index (χ2n) is 9.33. The van der Waals surface area contributed by atoms with Crippen LogP contribution in [0.3, 0.4) is 0 Å². The van der Waals surface area contributed by atoms with Gasteiger partial charge in [-0.3, -0.25) is 14.4 Å². The lowest BCUT2D eigenvalue weighted by molar-refractivity contribution is 0.0353. The number of hydrogen-bond acceptors (Lipinski definition) is 6. The van der Waals surface area contributed by atoms with Crippen molar-refractivity contribution in [1.82, 2.24) is 10.2 Å². The third kappa shape index (κ3) is 8.13. The molecule has 0 bridgehead atoms. The number of aliphatic hydroxyl groups is 1. The van der Waals surface area contributed by atoms with Crippen LogP contribution in [-0.4, -0.2) is 60.1 Å². The minimum Gasteiger partial charge on any atom is -0.497 e. The lowest BCUT2D eigenvalue weighted by Gasteiger charge is -2.35. The fourth-order valence-electron chi connectivity index (χ4n) is 4.45. The Balaban J connectivity index is 1.90. The Kier molecular flexibility index (Phi) is 10.6. The molecule has 0 radical (unpaired) electrons. The highest BCUT2D eigenvalue weighted by molar-refractivity contribution is 6.03. The van der Waals surface area contributed by atoms with Gasteiger partial charge in [-0.25, -0.2) is 0 Å². The van der Waals surface area contributed by atoms with E-state index in [0.29, 0.717) is 25.9 Å². The first-order valence-corrected chi connectivity index (χ1v) is 12.8. The van der Waals surface area contributed by atoms with E-state index in [4.69, 9.17) is 16.2 Å². The Morgan fingerprint density at radius 1 is 0.897 bits per heavy atom. The van der Waals surface area contributed by atoms with Crippen LogP contribution in [0.2, 0.25) is 0 Å². The van der Waals surface area contributed by atoms with Crippen LogP contribution in [0.25, 0.3) is 0 Å². The lowest BCUT2D eigenvalue weighted by Crippen LogP contribution is -2.51. The van der Waals surface area contributed by atoms with E-state index in [1.807, 2.05) is 61.5 Å². The minimum absolute atomic E-state index is 0.00575. The molecule has 9 heteroatoms. The molecule has 3 amide bonds. The number of carbonyl (C=O) groups excluding carboxylic acids is 3. The molecule has 39 heavy (non-hydrogen) atoms. The zero-order chi connectivity index (χ0) is 28.4. The summed E-state index contributed by atoms with van der Waals surface area (Å²) in [6.45, 7) is 2.99. The van der Waals surface area contributed by atoms with Crippen LogP contribution in [0.4, 0.5) is 0 Å². The molecule has 0 saturated heterocycles. The van der Waals surface area contributed by atoms with Gasteiger partial charge in [0, 0.05) is 36.3 Å². The average molecular weight is 533 g/mol. The van der Waals surface area contributed by atoms with Gasteiger partial charge in [0.05, 0.1) is 19.3 Å². The predicted molar refractivity (Wildman–Crippen MR) is 149 cm³/mol. The summed E-state index contributed by atoms with van der Waals surface area (Å²) in [5.74, 6) is -1.26. The van der Waals surface area contributed by atoms with Crippen molar-refractivity contribution in [3.05, 3.63) is 101 Å². The highest BCUT2D eigenvalue weighted by Crippen LogP contribution is 2.20. The number of nitrogens with one attached hydrogen (secondary N) is 1. The van der Waals surface area contributed by atoms with E-state index in [2.05, 4.69) is 5.32 Å². The van der Waals surface area contributed by atoms with Crippen LogP contribution < -0.4 is 21.5 Å². The first-order valence-electron chi connectivity index (χ1n) is 12.8. The van der Waals surface area contributed by atoms with Gasteiger partial charge in [0.1, 0.15) is 5.75 Å². The van der Waals surface area contributed by atoms with Crippen LogP contribution in [0.5, 0.6) is 5.75 Å². The third-order valence-corrected chi connectivity index (χ3v) is 6.42. The van der Waals surface area contributed by atoms with Gasteiger partial charge >= 0.3 is 0 Å². The van der Waals surface area contributed by atoms with Gasteiger partial charge in [0.15, 0.2) is 0 Å². The number of aliphatic hydroxyl groups excluding tert-OH is 1. The quantitative estimate of drug-likeness (QED) is 0.251. The molecule has 3 aromatic carbocycles. The van der Waals surface area contributed by atoms with Crippen molar-refractivity contribution in [2.75, 3.05) is 20.2 Å². The highest BCUT2D eigenvalue weighted by atomic mass is 16.5. The van der Waals surface area contributed by atoms with Crippen molar-refractivity contribution in [3.63, 3.8) is 0 Å². The molecule has 3 rings (SSSR count). The first kappa shape index (κ1) is 29.3. The van der Waals surface area contributed by atoms with Crippen LogP contribution >= 0.6 is 0 Å². The highest BCUT2D eigenvalue weighted by Gasteiger charge is 2.31. The molecular formula is C30H36N4O5. The standard InChI is InChI=1S/C30H36N4O5/c1-3-12-34(30(38)24-16-22(28(31)36)15-23(17-24)29(32)37)26(14-20-8-5-4-6-9-20)27(35)19-33-18-21-10-7-11-25(13-21)39-2/h4-11,13,15-17,26-27,33,35H,3,12,14,18-19H2,1-2H3,(H2,31,36)(H2,32,37)/t26-,27+/m0/s1. The number of rotatable bonds is 14. The number of ether oxygens (including phenoxy) is 1. The molecule has 206 valence electrons. The molecule has 0 saturated carbocycles. The van der Waals surface area contributed by atoms with Crippen LogP contribution in [0.15, 0.2) is 72.8 Å². The summed E-state index contributed by atoms with van der Waals surface area (Å²) in [5.41, 5.74) is 12.9. The molecule has 0 aliphatic rings. The van der Waals surface area contributed by atoms with Gasteiger partial charge < -0.3 is 31.5 Å². The van der Waals surface area contributed by atoms with Gasteiger partial charge in [0.2, 0.25) is 11.8 Å². The molecule has 0 aliphatic heterocycles. The lowest BCUT2D eigenvalue weighted by atomic mass is 9.97. The number of benzene rings is 3. The zero-order valence-electron chi connectivity index (χ0n) is 22.3. The predicted octanol–water partition coefficient (Wildman–Crippen LogP) is 2.51. The Morgan fingerprint density at radius 3 is 2.10 bits per heavy atom. The number of methoxy groups -OCH3 is 1. The summed E-state index contributed by atoms with van der Waals surface area (Å²) in [6.07, 6.45) is 0.0904. The molecular weight excluding hydrogens is 496 g/mol. The van der Waals surface area contributed by atoms with E-state index in [1.165, 1.54) is 18.2 Å². The van der Waals surface area contributed by atoms with E-state index in [1.54, 1.807) is 12.0 Å². The average Bonchev–Trinajstić information content (AvgIpc) is 2.94. The molecule has 0 aliphatic carbocycles. The summed E-state index contributed by atoms with van der Waals surface area (Å²) in [5, 5.41) is 14.7. The minimum atomic E-state index is -0.929. The third-order valence-electron chi connectivity index (χ3n) is 6.42. The monoisotopic (exact) mass is 532 g/mol. The number of amides is 3. The normalized spacial score (nSPS) is 12.4. The molecule has 0 unspecified atom stereocenters. The molecule has 0 spiro atoms. The van der Waals surface area contributed by atoms with Gasteiger partial charge in [-0.1, -0.05) is 49.4 Å². The fourth-order valence-corrected chi connectivity index (χ4v) is 4.45. The van der Waals surface area contributed by atoms with Crippen molar-refractivity contribution < 1.29 is 24.2 Å².